The lowest BCUT2D eigenvalue weighted by Crippen LogP contribution is -2.47. The van der Waals surface area contributed by atoms with Crippen molar-refractivity contribution < 1.29 is 28.2 Å². The molecular weight excluding hydrogens is 531 g/mol. The molecule has 2 heterocycles. The first-order chi connectivity index (χ1) is 19.4. The molecule has 2 aromatic heterocycles. The van der Waals surface area contributed by atoms with Gasteiger partial charge in [0.25, 0.3) is 5.91 Å². The summed E-state index contributed by atoms with van der Waals surface area (Å²) in [6, 6.07) is 12.8. The van der Waals surface area contributed by atoms with Crippen LogP contribution < -0.4 is 26.4 Å². The van der Waals surface area contributed by atoms with Crippen molar-refractivity contribution in [1.82, 2.24) is 15.3 Å². The lowest BCUT2D eigenvalue weighted by atomic mass is 10.00. The van der Waals surface area contributed by atoms with Crippen LogP contribution in [0.4, 0.5) is 26.5 Å². The van der Waals surface area contributed by atoms with Crippen molar-refractivity contribution in [2.45, 2.75) is 51.8 Å². The van der Waals surface area contributed by atoms with Crippen LogP contribution in [0.5, 0.6) is 5.88 Å². The van der Waals surface area contributed by atoms with Crippen LogP contribution in [0.15, 0.2) is 54.7 Å². The van der Waals surface area contributed by atoms with Gasteiger partial charge in [0, 0.05) is 31.1 Å². The Kier molecular flexibility index (Phi) is 10.8. The Hall–Kier alpha value is -4.45. The molecule has 0 aliphatic heterocycles. The highest BCUT2D eigenvalue weighted by Crippen LogP contribution is 2.26. The Labute approximate surface area is 239 Å². The predicted molar refractivity (Wildman–Crippen MR) is 154 cm³/mol. The van der Waals surface area contributed by atoms with E-state index in [4.69, 9.17) is 19.9 Å². The van der Waals surface area contributed by atoms with E-state index in [1.54, 1.807) is 46.9 Å². The molecule has 0 aliphatic rings. The van der Waals surface area contributed by atoms with Crippen molar-refractivity contribution >= 4 is 29.3 Å². The quantitative estimate of drug-likeness (QED) is 0.220. The van der Waals surface area contributed by atoms with Crippen molar-refractivity contribution in [2.24, 2.45) is 5.73 Å². The van der Waals surface area contributed by atoms with Gasteiger partial charge in [-0.05, 0) is 51.8 Å². The number of carbonyl (C=O) groups excluding carboxylic acids is 2. The Balaban J connectivity index is 1.90. The van der Waals surface area contributed by atoms with Crippen molar-refractivity contribution in [3.05, 3.63) is 71.7 Å². The molecule has 0 saturated carbocycles. The summed E-state index contributed by atoms with van der Waals surface area (Å²) in [4.78, 5) is 33.2. The maximum Gasteiger partial charge on any atom is 0.407 e. The molecule has 0 fully saturated rings. The van der Waals surface area contributed by atoms with E-state index in [-0.39, 0.29) is 17.2 Å². The number of hydrogen-bond donors (Lipinski definition) is 4. The average Bonchev–Trinajstić information content (AvgIpc) is 2.89. The van der Waals surface area contributed by atoms with Crippen LogP contribution in [0.1, 0.15) is 43.6 Å². The Bertz CT molecular complexity index is 1320. The number of anilines is 3. The topological polar surface area (TPSA) is 150 Å². The molecule has 3 rings (SSSR count). The number of aromatic nitrogens is 2. The Morgan fingerprint density at radius 2 is 1.80 bits per heavy atom. The number of pyridine rings is 2. The summed E-state index contributed by atoms with van der Waals surface area (Å²) < 4.78 is 31.2. The van der Waals surface area contributed by atoms with E-state index < -0.39 is 35.5 Å². The zero-order valence-electron chi connectivity index (χ0n) is 23.9. The van der Waals surface area contributed by atoms with Crippen LogP contribution in [0.3, 0.4) is 0 Å². The SMILES string of the molecule is COCCOc1cc(Nc2nc(N[C@H](Cc3ccccc3)[C@H](C)NC(=O)OC(C)(C)C)c(F)cc2C(N)=O)ccn1. The van der Waals surface area contributed by atoms with E-state index in [2.05, 4.69) is 25.9 Å². The van der Waals surface area contributed by atoms with Crippen LogP contribution in [-0.4, -0.2) is 60.0 Å². The standard InChI is InChI=1S/C29H37FN6O5/c1-18(33-28(38)41-29(2,3)4)23(15-19-9-7-6-8-10-19)35-27-22(30)17-21(25(31)37)26(36-27)34-20-11-12-32-24(16-20)40-14-13-39-5/h6-12,16-18,23H,13-15H2,1-5H3,(H2,31,37)(H,33,38)(H2,32,34,35,36)/t18-,23+/m0/s1. The summed E-state index contributed by atoms with van der Waals surface area (Å²) >= 11 is 0. The highest BCUT2D eigenvalue weighted by atomic mass is 19.1. The summed E-state index contributed by atoms with van der Waals surface area (Å²) in [6.45, 7) is 7.75. The molecule has 0 bridgehead atoms. The van der Waals surface area contributed by atoms with Gasteiger partial charge in [-0.15, -0.1) is 0 Å². The number of benzene rings is 1. The molecule has 0 saturated heterocycles. The van der Waals surface area contributed by atoms with Crippen molar-refractivity contribution in [2.75, 3.05) is 31.0 Å². The number of ether oxygens (including phenoxy) is 3. The molecular formula is C29H37FN6O5. The molecule has 5 N–H and O–H groups in total. The second kappa shape index (κ2) is 14.3. The van der Waals surface area contributed by atoms with Gasteiger partial charge < -0.3 is 35.9 Å². The molecule has 0 aliphatic carbocycles. The van der Waals surface area contributed by atoms with Crippen molar-refractivity contribution in [3.8, 4) is 5.88 Å². The number of methoxy groups -OCH3 is 1. The van der Waals surface area contributed by atoms with Crippen LogP contribution >= 0.6 is 0 Å². The fourth-order valence-electron chi connectivity index (χ4n) is 3.80. The summed E-state index contributed by atoms with van der Waals surface area (Å²) in [5.41, 5.74) is 6.14. The number of amides is 2. The van der Waals surface area contributed by atoms with E-state index in [1.807, 2.05) is 30.3 Å². The van der Waals surface area contributed by atoms with Gasteiger partial charge in [-0.25, -0.2) is 19.2 Å². The molecule has 12 heteroatoms. The lowest BCUT2D eigenvalue weighted by Gasteiger charge is -2.28. The smallest absolute Gasteiger partial charge is 0.407 e. The van der Waals surface area contributed by atoms with Crippen LogP contribution in [-0.2, 0) is 15.9 Å². The van der Waals surface area contributed by atoms with E-state index in [0.29, 0.717) is 31.2 Å². The normalized spacial score (nSPS) is 12.6. The largest absolute Gasteiger partial charge is 0.475 e. The van der Waals surface area contributed by atoms with Gasteiger partial charge in [0.05, 0.1) is 18.2 Å². The summed E-state index contributed by atoms with van der Waals surface area (Å²) in [6.07, 6.45) is 1.33. The lowest BCUT2D eigenvalue weighted by molar-refractivity contribution is 0.0503. The maximum atomic E-state index is 15.3. The summed E-state index contributed by atoms with van der Waals surface area (Å²) in [5, 5.41) is 8.92. The third-order valence-corrected chi connectivity index (χ3v) is 5.74. The van der Waals surface area contributed by atoms with Crippen molar-refractivity contribution in [3.63, 3.8) is 0 Å². The van der Waals surface area contributed by atoms with E-state index in [0.717, 1.165) is 11.6 Å². The van der Waals surface area contributed by atoms with Gasteiger partial charge in [-0.1, -0.05) is 30.3 Å². The first-order valence-electron chi connectivity index (χ1n) is 13.1. The van der Waals surface area contributed by atoms with Crippen LogP contribution in [0.2, 0.25) is 0 Å². The number of alkyl carbamates (subject to hydrolysis) is 1. The third-order valence-electron chi connectivity index (χ3n) is 5.74. The minimum absolute atomic E-state index is 0.0293. The molecule has 220 valence electrons. The second-order valence-electron chi connectivity index (χ2n) is 10.3. The number of halogens is 1. The zero-order chi connectivity index (χ0) is 30.0. The molecule has 3 aromatic rings. The number of hydrogen-bond acceptors (Lipinski definition) is 9. The van der Waals surface area contributed by atoms with E-state index >= 15 is 4.39 Å². The average molecular weight is 569 g/mol. The summed E-state index contributed by atoms with van der Waals surface area (Å²) in [7, 11) is 1.56. The fraction of sp³-hybridized carbons (Fsp3) is 0.379. The minimum Gasteiger partial charge on any atom is -0.475 e. The summed E-state index contributed by atoms with van der Waals surface area (Å²) in [5.74, 6) is -1.44. The first-order valence-corrected chi connectivity index (χ1v) is 13.1. The maximum absolute atomic E-state index is 15.3. The number of rotatable bonds is 13. The molecule has 0 unspecified atom stereocenters. The molecule has 0 radical (unpaired) electrons. The molecule has 1 aromatic carbocycles. The molecule has 11 nitrogen and oxygen atoms in total. The molecule has 41 heavy (non-hydrogen) atoms. The highest BCUT2D eigenvalue weighted by Gasteiger charge is 2.25. The number of carbonyl (C=O) groups is 2. The number of nitrogens with two attached hydrogens (primary N) is 1. The van der Waals surface area contributed by atoms with Gasteiger partial charge in [0.2, 0.25) is 5.88 Å². The second-order valence-corrected chi connectivity index (χ2v) is 10.3. The number of nitrogens with one attached hydrogen (secondary N) is 3. The van der Waals surface area contributed by atoms with Crippen LogP contribution in [0, 0.1) is 5.82 Å². The number of primary amides is 1. The van der Waals surface area contributed by atoms with Gasteiger partial charge in [-0.3, -0.25) is 4.79 Å². The molecule has 2 atom stereocenters. The Morgan fingerprint density at radius 3 is 2.46 bits per heavy atom. The minimum atomic E-state index is -0.864. The fourth-order valence-corrected chi connectivity index (χ4v) is 3.80. The van der Waals surface area contributed by atoms with E-state index in [9.17, 15) is 9.59 Å². The highest BCUT2D eigenvalue weighted by molar-refractivity contribution is 5.98. The Morgan fingerprint density at radius 1 is 1.07 bits per heavy atom. The van der Waals surface area contributed by atoms with Gasteiger partial charge in [0.1, 0.15) is 18.0 Å². The predicted octanol–water partition coefficient (Wildman–Crippen LogP) is 4.42. The monoisotopic (exact) mass is 568 g/mol. The molecule has 0 spiro atoms. The van der Waals surface area contributed by atoms with Crippen molar-refractivity contribution in [1.29, 1.82) is 0 Å². The van der Waals surface area contributed by atoms with Gasteiger partial charge in [-0.2, -0.15) is 0 Å². The van der Waals surface area contributed by atoms with Crippen LogP contribution in [0.25, 0.3) is 0 Å². The zero-order valence-corrected chi connectivity index (χ0v) is 23.9. The first kappa shape index (κ1) is 31.1. The van der Waals surface area contributed by atoms with Gasteiger partial charge in [0.15, 0.2) is 11.6 Å². The third kappa shape index (κ3) is 9.91. The molecule has 2 amide bonds. The van der Waals surface area contributed by atoms with Gasteiger partial charge >= 0.3 is 6.09 Å². The number of nitrogens with zero attached hydrogens (tertiary/aromatic N) is 2. The van der Waals surface area contributed by atoms with E-state index in [1.165, 1.54) is 6.20 Å².